The summed E-state index contributed by atoms with van der Waals surface area (Å²) in [4.78, 5) is 40.1. The van der Waals surface area contributed by atoms with Gasteiger partial charge in [-0.1, -0.05) is 60.1 Å². The second-order valence-electron chi connectivity index (χ2n) is 7.48. The first-order valence-corrected chi connectivity index (χ1v) is 10.6. The standard InChI is InChI=1S/C24H20ClN3O5/c25-21-11-14(9-10-26-21)27-23(31)20(12-22(29)30)28-24(32)33-13-19-17-7-3-1-5-15(17)16-6-2-4-8-18(16)19/h1-11,19-20H,12-13H2,(H,28,32)(H,29,30)(H,26,27,31). The third kappa shape index (κ3) is 5.12. The highest BCUT2D eigenvalue weighted by molar-refractivity contribution is 6.29. The molecule has 4 rings (SSSR count). The lowest BCUT2D eigenvalue weighted by Gasteiger charge is -2.18. The van der Waals surface area contributed by atoms with E-state index in [2.05, 4.69) is 15.6 Å². The number of amides is 2. The molecule has 1 unspecified atom stereocenters. The zero-order valence-electron chi connectivity index (χ0n) is 17.3. The highest BCUT2D eigenvalue weighted by atomic mass is 35.5. The lowest BCUT2D eigenvalue weighted by Crippen LogP contribution is -2.45. The molecule has 0 radical (unpaired) electrons. The maximum absolute atomic E-state index is 12.6. The van der Waals surface area contributed by atoms with Gasteiger partial charge in [0.15, 0.2) is 0 Å². The summed E-state index contributed by atoms with van der Waals surface area (Å²) in [6.07, 6.45) is -0.108. The SMILES string of the molecule is O=C(O)CC(NC(=O)OCC1c2ccccc2-c2ccccc21)C(=O)Nc1ccnc(Cl)c1. The van der Waals surface area contributed by atoms with E-state index in [9.17, 15) is 19.5 Å². The van der Waals surface area contributed by atoms with Crippen LogP contribution in [0.3, 0.4) is 0 Å². The predicted octanol–water partition coefficient (Wildman–Crippen LogP) is 4.06. The fourth-order valence-electron chi connectivity index (χ4n) is 3.88. The number of halogens is 1. The predicted molar refractivity (Wildman–Crippen MR) is 122 cm³/mol. The Morgan fingerprint density at radius 3 is 2.27 bits per heavy atom. The molecular formula is C24H20ClN3O5. The summed E-state index contributed by atoms with van der Waals surface area (Å²) in [5.41, 5.74) is 4.58. The van der Waals surface area contributed by atoms with Crippen LogP contribution in [0.2, 0.25) is 5.15 Å². The van der Waals surface area contributed by atoms with Crippen LogP contribution in [-0.2, 0) is 14.3 Å². The average Bonchev–Trinajstić information content (AvgIpc) is 3.11. The van der Waals surface area contributed by atoms with Gasteiger partial charge in [0, 0.05) is 17.8 Å². The van der Waals surface area contributed by atoms with Crippen LogP contribution in [-0.4, -0.2) is 40.7 Å². The summed E-state index contributed by atoms with van der Waals surface area (Å²) in [5, 5.41) is 14.2. The second kappa shape index (κ2) is 9.70. The van der Waals surface area contributed by atoms with Crippen molar-refractivity contribution >= 4 is 35.3 Å². The monoisotopic (exact) mass is 465 g/mol. The van der Waals surface area contributed by atoms with Gasteiger partial charge in [0.1, 0.15) is 17.8 Å². The highest BCUT2D eigenvalue weighted by Gasteiger charge is 2.30. The van der Waals surface area contributed by atoms with Gasteiger partial charge in [-0.2, -0.15) is 0 Å². The fourth-order valence-corrected chi connectivity index (χ4v) is 4.05. The summed E-state index contributed by atoms with van der Waals surface area (Å²) in [6.45, 7) is 0.0429. The van der Waals surface area contributed by atoms with Crippen LogP contribution in [0.1, 0.15) is 23.5 Å². The molecule has 0 spiro atoms. The van der Waals surface area contributed by atoms with Crippen molar-refractivity contribution < 1.29 is 24.2 Å². The van der Waals surface area contributed by atoms with Gasteiger partial charge >= 0.3 is 12.1 Å². The van der Waals surface area contributed by atoms with E-state index in [1.165, 1.54) is 18.3 Å². The zero-order valence-corrected chi connectivity index (χ0v) is 18.1. The Morgan fingerprint density at radius 2 is 1.67 bits per heavy atom. The van der Waals surface area contributed by atoms with E-state index in [4.69, 9.17) is 16.3 Å². The van der Waals surface area contributed by atoms with Crippen molar-refractivity contribution in [3.05, 3.63) is 83.1 Å². The Kier molecular flexibility index (Phi) is 6.55. The Labute approximate surface area is 194 Å². The number of benzene rings is 2. The number of carboxylic acid groups (broad SMARTS) is 1. The van der Waals surface area contributed by atoms with E-state index < -0.39 is 30.4 Å². The minimum absolute atomic E-state index is 0.0429. The quantitative estimate of drug-likeness (QED) is 0.453. The fraction of sp³-hybridized carbons (Fsp3) is 0.167. The first kappa shape index (κ1) is 22.3. The Balaban J connectivity index is 1.43. The van der Waals surface area contributed by atoms with E-state index in [1.54, 1.807) is 0 Å². The number of carbonyl (C=O) groups is 3. The molecule has 1 atom stereocenters. The molecule has 9 heteroatoms. The van der Waals surface area contributed by atoms with Gasteiger partial charge in [0.25, 0.3) is 0 Å². The largest absolute Gasteiger partial charge is 0.481 e. The van der Waals surface area contributed by atoms with Crippen LogP contribution in [0.15, 0.2) is 66.9 Å². The molecule has 2 aromatic carbocycles. The van der Waals surface area contributed by atoms with Crippen molar-refractivity contribution in [1.82, 2.24) is 10.3 Å². The molecule has 0 bridgehead atoms. The molecule has 3 aromatic rings. The summed E-state index contributed by atoms with van der Waals surface area (Å²) >= 11 is 5.81. The molecular weight excluding hydrogens is 446 g/mol. The second-order valence-corrected chi connectivity index (χ2v) is 7.86. The number of hydrogen-bond acceptors (Lipinski definition) is 5. The van der Waals surface area contributed by atoms with E-state index in [0.717, 1.165) is 22.3 Å². The number of aliphatic carboxylic acids is 1. The number of ether oxygens (including phenoxy) is 1. The van der Waals surface area contributed by atoms with Crippen LogP contribution in [0.5, 0.6) is 0 Å². The van der Waals surface area contributed by atoms with Crippen LogP contribution in [0, 0.1) is 0 Å². The van der Waals surface area contributed by atoms with Gasteiger partial charge in [0.2, 0.25) is 5.91 Å². The number of nitrogens with one attached hydrogen (secondary N) is 2. The molecule has 33 heavy (non-hydrogen) atoms. The molecule has 168 valence electrons. The van der Waals surface area contributed by atoms with Crippen molar-refractivity contribution in [2.24, 2.45) is 0 Å². The number of anilines is 1. The number of rotatable bonds is 7. The lowest BCUT2D eigenvalue weighted by atomic mass is 9.98. The molecule has 2 amide bonds. The van der Waals surface area contributed by atoms with Crippen molar-refractivity contribution in [1.29, 1.82) is 0 Å². The number of carbonyl (C=O) groups excluding carboxylic acids is 2. The van der Waals surface area contributed by atoms with Crippen molar-refractivity contribution in [2.75, 3.05) is 11.9 Å². The minimum atomic E-state index is -1.34. The maximum atomic E-state index is 12.6. The van der Waals surface area contributed by atoms with Gasteiger partial charge in [-0.05, 0) is 34.4 Å². The van der Waals surface area contributed by atoms with Crippen LogP contribution in [0.25, 0.3) is 11.1 Å². The molecule has 1 aromatic heterocycles. The molecule has 0 saturated carbocycles. The van der Waals surface area contributed by atoms with E-state index in [0.29, 0.717) is 5.69 Å². The number of fused-ring (bicyclic) bond motifs is 3. The average molecular weight is 466 g/mol. The third-order valence-corrected chi connectivity index (χ3v) is 5.53. The van der Waals surface area contributed by atoms with Crippen LogP contribution in [0.4, 0.5) is 10.5 Å². The molecule has 8 nitrogen and oxygen atoms in total. The lowest BCUT2D eigenvalue weighted by molar-refractivity contribution is -0.139. The third-order valence-electron chi connectivity index (χ3n) is 5.33. The summed E-state index contributed by atoms with van der Waals surface area (Å²) in [6, 6.07) is 17.3. The normalized spacial score (nSPS) is 12.9. The first-order chi connectivity index (χ1) is 15.9. The smallest absolute Gasteiger partial charge is 0.407 e. The van der Waals surface area contributed by atoms with Crippen molar-refractivity contribution in [3.63, 3.8) is 0 Å². The number of alkyl carbamates (subject to hydrolysis) is 1. The molecule has 1 aliphatic rings. The zero-order chi connectivity index (χ0) is 23.4. The van der Waals surface area contributed by atoms with E-state index >= 15 is 0 Å². The molecule has 0 aliphatic heterocycles. The first-order valence-electron chi connectivity index (χ1n) is 10.2. The number of pyridine rings is 1. The minimum Gasteiger partial charge on any atom is -0.481 e. The van der Waals surface area contributed by atoms with Crippen LogP contribution >= 0.6 is 11.6 Å². The number of hydrogen-bond donors (Lipinski definition) is 3. The van der Waals surface area contributed by atoms with E-state index in [1.807, 2.05) is 48.5 Å². The topological polar surface area (TPSA) is 118 Å². The van der Waals surface area contributed by atoms with Gasteiger partial charge in [-0.3, -0.25) is 9.59 Å². The maximum Gasteiger partial charge on any atom is 0.407 e. The number of nitrogens with zero attached hydrogens (tertiary/aromatic N) is 1. The number of aromatic nitrogens is 1. The van der Waals surface area contributed by atoms with Crippen LogP contribution < -0.4 is 10.6 Å². The van der Waals surface area contributed by atoms with Crippen molar-refractivity contribution in [2.45, 2.75) is 18.4 Å². The molecule has 1 aliphatic carbocycles. The Bertz CT molecular complexity index is 1170. The summed E-state index contributed by atoms with van der Waals surface area (Å²) < 4.78 is 5.42. The number of carboxylic acids is 1. The van der Waals surface area contributed by atoms with E-state index in [-0.39, 0.29) is 17.7 Å². The summed E-state index contributed by atoms with van der Waals surface area (Å²) in [5.74, 6) is -2.12. The summed E-state index contributed by atoms with van der Waals surface area (Å²) in [7, 11) is 0. The highest BCUT2D eigenvalue weighted by Crippen LogP contribution is 2.44. The Hall–Kier alpha value is -3.91. The Morgan fingerprint density at radius 1 is 1.03 bits per heavy atom. The molecule has 3 N–H and O–H groups in total. The van der Waals surface area contributed by atoms with Gasteiger partial charge in [-0.15, -0.1) is 0 Å². The molecule has 0 saturated heterocycles. The van der Waals surface area contributed by atoms with Gasteiger partial charge in [-0.25, -0.2) is 9.78 Å². The van der Waals surface area contributed by atoms with Crippen molar-refractivity contribution in [3.8, 4) is 11.1 Å². The molecule has 0 fully saturated rings. The molecule has 1 heterocycles. The van der Waals surface area contributed by atoms with Gasteiger partial charge < -0.3 is 20.5 Å². The van der Waals surface area contributed by atoms with Gasteiger partial charge in [0.05, 0.1) is 6.42 Å².